The minimum absolute atomic E-state index is 0.0339. The molecule has 1 amide bonds. The second-order valence-corrected chi connectivity index (χ2v) is 6.38. The van der Waals surface area contributed by atoms with Gasteiger partial charge in [-0.2, -0.15) is 5.10 Å². The Kier molecular flexibility index (Phi) is 4.34. The van der Waals surface area contributed by atoms with Gasteiger partial charge in [0.05, 0.1) is 11.4 Å². The number of carbonyl (C=O) groups is 1. The van der Waals surface area contributed by atoms with Crippen molar-refractivity contribution in [3.05, 3.63) is 72.4 Å². The summed E-state index contributed by atoms with van der Waals surface area (Å²) in [5.41, 5.74) is 3.47. The molecule has 1 fully saturated rings. The molecule has 0 bridgehead atoms. The summed E-state index contributed by atoms with van der Waals surface area (Å²) in [4.78, 5) is 14.8. The lowest BCUT2D eigenvalue weighted by Gasteiger charge is -2.25. The van der Waals surface area contributed by atoms with E-state index in [2.05, 4.69) is 5.10 Å². The minimum Gasteiger partial charge on any atom is -0.337 e. The molecule has 4 heteroatoms. The zero-order chi connectivity index (χ0) is 17.1. The number of hydrogen-bond acceptors (Lipinski definition) is 2. The highest BCUT2D eigenvalue weighted by molar-refractivity contribution is 5.93. The van der Waals surface area contributed by atoms with Crippen molar-refractivity contribution in [2.75, 3.05) is 13.1 Å². The predicted molar refractivity (Wildman–Crippen MR) is 98.8 cm³/mol. The number of carbonyl (C=O) groups excluding carboxylic acids is 1. The molecule has 126 valence electrons. The fraction of sp³-hybridized carbons (Fsp3) is 0.238. The van der Waals surface area contributed by atoms with E-state index in [9.17, 15) is 4.79 Å². The minimum atomic E-state index is 0.0339. The molecule has 4 rings (SSSR count). The summed E-state index contributed by atoms with van der Waals surface area (Å²) in [7, 11) is 0. The van der Waals surface area contributed by atoms with Crippen LogP contribution in [-0.2, 0) is 0 Å². The lowest BCUT2D eigenvalue weighted by atomic mass is 10.1. The zero-order valence-corrected chi connectivity index (χ0v) is 14.1. The number of nitrogens with zero attached hydrogens (tertiary/aromatic N) is 3. The first-order valence-corrected chi connectivity index (χ1v) is 8.83. The second kappa shape index (κ2) is 6.93. The van der Waals surface area contributed by atoms with Gasteiger partial charge < -0.3 is 4.90 Å². The molecule has 25 heavy (non-hydrogen) atoms. The largest absolute Gasteiger partial charge is 0.337 e. The first-order valence-electron chi connectivity index (χ1n) is 8.83. The van der Waals surface area contributed by atoms with Gasteiger partial charge in [-0.25, -0.2) is 4.68 Å². The van der Waals surface area contributed by atoms with Crippen LogP contribution in [-0.4, -0.2) is 33.7 Å². The molecule has 1 aliphatic heterocycles. The first-order chi connectivity index (χ1) is 12.3. The summed E-state index contributed by atoms with van der Waals surface area (Å²) in [6.07, 6.45) is 3.37. The highest BCUT2D eigenvalue weighted by Gasteiger charge is 2.22. The van der Waals surface area contributed by atoms with Gasteiger partial charge in [-0.1, -0.05) is 48.5 Å². The number of rotatable bonds is 3. The fourth-order valence-electron chi connectivity index (χ4n) is 3.33. The molecule has 0 N–H and O–H groups in total. The van der Waals surface area contributed by atoms with Crippen LogP contribution in [0.25, 0.3) is 16.9 Å². The highest BCUT2D eigenvalue weighted by atomic mass is 16.2. The Bertz CT molecular complexity index is 792. The van der Waals surface area contributed by atoms with Crippen LogP contribution in [0, 0.1) is 0 Å². The first kappa shape index (κ1) is 15.6. The number of hydrogen-bond donors (Lipinski definition) is 0. The topological polar surface area (TPSA) is 38.1 Å². The Labute approximate surface area is 147 Å². The second-order valence-electron chi connectivity index (χ2n) is 6.38. The van der Waals surface area contributed by atoms with E-state index in [1.807, 2.05) is 76.3 Å². The van der Waals surface area contributed by atoms with E-state index in [1.54, 1.807) is 0 Å². The lowest BCUT2D eigenvalue weighted by molar-refractivity contribution is 0.0718. The Morgan fingerprint density at radius 2 is 1.48 bits per heavy atom. The van der Waals surface area contributed by atoms with Crippen LogP contribution >= 0.6 is 0 Å². The summed E-state index contributed by atoms with van der Waals surface area (Å²) in [6, 6.07) is 22.0. The van der Waals surface area contributed by atoms with Gasteiger partial charge in [-0.15, -0.1) is 0 Å². The summed E-state index contributed by atoms with van der Waals surface area (Å²) >= 11 is 0. The summed E-state index contributed by atoms with van der Waals surface area (Å²) in [6.45, 7) is 1.66. The molecular formula is C21H21N3O. The molecular weight excluding hydrogens is 310 g/mol. The highest BCUT2D eigenvalue weighted by Crippen LogP contribution is 2.25. The van der Waals surface area contributed by atoms with E-state index in [0.717, 1.165) is 42.9 Å². The van der Waals surface area contributed by atoms with Gasteiger partial charge in [0.15, 0.2) is 5.69 Å². The maximum atomic E-state index is 12.9. The van der Waals surface area contributed by atoms with Crippen molar-refractivity contribution in [3.8, 4) is 16.9 Å². The van der Waals surface area contributed by atoms with Gasteiger partial charge in [-0.05, 0) is 37.5 Å². The van der Waals surface area contributed by atoms with E-state index in [4.69, 9.17) is 0 Å². The van der Waals surface area contributed by atoms with Crippen molar-refractivity contribution in [3.63, 3.8) is 0 Å². The zero-order valence-electron chi connectivity index (χ0n) is 14.1. The van der Waals surface area contributed by atoms with Crippen LogP contribution < -0.4 is 0 Å². The molecule has 2 heterocycles. The Morgan fingerprint density at radius 1 is 0.840 bits per heavy atom. The van der Waals surface area contributed by atoms with E-state index >= 15 is 0 Å². The molecule has 4 nitrogen and oxygen atoms in total. The van der Waals surface area contributed by atoms with Crippen molar-refractivity contribution < 1.29 is 4.79 Å². The van der Waals surface area contributed by atoms with Gasteiger partial charge in [0.1, 0.15) is 0 Å². The van der Waals surface area contributed by atoms with Crippen LogP contribution in [0.15, 0.2) is 66.7 Å². The van der Waals surface area contributed by atoms with Crippen LogP contribution in [0.5, 0.6) is 0 Å². The average Bonchev–Trinajstić information content (AvgIpc) is 3.15. The number of amides is 1. The number of aromatic nitrogens is 2. The third kappa shape index (κ3) is 3.20. The standard InChI is InChI=1S/C21H21N3O/c25-21(23-14-8-3-9-15-23)19-16-20(17-10-4-1-5-11-17)24(22-19)18-12-6-2-7-13-18/h1-2,4-7,10-13,16H,3,8-9,14-15H2. The van der Waals surface area contributed by atoms with E-state index < -0.39 is 0 Å². The van der Waals surface area contributed by atoms with Crippen molar-refractivity contribution in [2.45, 2.75) is 19.3 Å². The smallest absolute Gasteiger partial charge is 0.274 e. The molecule has 0 atom stereocenters. The maximum Gasteiger partial charge on any atom is 0.274 e. The molecule has 0 unspecified atom stereocenters. The summed E-state index contributed by atoms with van der Waals surface area (Å²) in [5.74, 6) is 0.0339. The van der Waals surface area contributed by atoms with Crippen LogP contribution in [0.3, 0.4) is 0 Å². The van der Waals surface area contributed by atoms with Gasteiger partial charge in [0.25, 0.3) is 5.91 Å². The van der Waals surface area contributed by atoms with Gasteiger partial charge in [0, 0.05) is 18.7 Å². The van der Waals surface area contributed by atoms with Crippen LogP contribution in [0.4, 0.5) is 0 Å². The molecule has 1 aliphatic rings. The number of piperidine rings is 1. The molecule has 0 radical (unpaired) electrons. The fourth-order valence-corrected chi connectivity index (χ4v) is 3.33. The average molecular weight is 331 g/mol. The molecule has 1 aromatic heterocycles. The molecule has 3 aromatic rings. The Hall–Kier alpha value is -2.88. The maximum absolute atomic E-state index is 12.9. The van der Waals surface area contributed by atoms with E-state index in [1.165, 1.54) is 6.42 Å². The SMILES string of the molecule is O=C(c1cc(-c2ccccc2)n(-c2ccccc2)n1)N1CCCCC1. The third-order valence-electron chi connectivity index (χ3n) is 4.64. The van der Waals surface area contributed by atoms with E-state index in [-0.39, 0.29) is 5.91 Å². The van der Waals surface area contributed by atoms with Gasteiger partial charge >= 0.3 is 0 Å². The van der Waals surface area contributed by atoms with Gasteiger partial charge in [0.2, 0.25) is 0 Å². The molecule has 2 aromatic carbocycles. The van der Waals surface area contributed by atoms with Crippen molar-refractivity contribution in [1.82, 2.24) is 14.7 Å². The third-order valence-corrected chi connectivity index (χ3v) is 4.64. The monoisotopic (exact) mass is 331 g/mol. The van der Waals surface area contributed by atoms with Crippen LogP contribution in [0.1, 0.15) is 29.8 Å². The lowest BCUT2D eigenvalue weighted by Crippen LogP contribution is -2.35. The Balaban J connectivity index is 1.77. The predicted octanol–water partition coefficient (Wildman–Crippen LogP) is 4.17. The van der Waals surface area contributed by atoms with Crippen molar-refractivity contribution in [2.24, 2.45) is 0 Å². The molecule has 0 spiro atoms. The van der Waals surface area contributed by atoms with E-state index in [0.29, 0.717) is 5.69 Å². The summed E-state index contributed by atoms with van der Waals surface area (Å²) in [5, 5.41) is 4.66. The number of benzene rings is 2. The quantitative estimate of drug-likeness (QED) is 0.722. The molecule has 0 saturated carbocycles. The van der Waals surface area contributed by atoms with Gasteiger partial charge in [-0.3, -0.25) is 4.79 Å². The van der Waals surface area contributed by atoms with Crippen LogP contribution in [0.2, 0.25) is 0 Å². The van der Waals surface area contributed by atoms with Crippen molar-refractivity contribution >= 4 is 5.91 Å². The number of para-hydroxylation sites is 1. The normalized spacial score (nSPS) is 14.5. The Morgan fingerprint density at radius 3 is 2.16 bits per heavy atom. The van der Waals surface area contributed by atoms with Crippen molar-refractivity contribution in [1.29, 1.82) is 0 Å². The molecule has 0 aliphatic carbocycles. The molecule has 1 saturated heterocycles. The number of likely N-dealkylation sites (tertiary alicyclic amines) is 1. The summed E-state index contributed by atoms with van der Waals surface area (Å²) < 4.78 is 1.87.